The van der Waals surface area contributed by atoms with E-state index >= 15 is 0 Å². The van der Waals surface area contributed by atoms with Crippen molar-refractivity contribution in [2.75, 3.05) is 13.1 Å². The van der Waals surface area contributed by atoms with E-state index in [1.54, 1.807) is 18.2 Å². The van der Waals surface area contributed by atoms with Crippen LogP contribution in [0.5, 0.6) is 0 Å². The lowest BCUT2D eigenvalue weighted by molar-refractivity contribution is -0.130. The first-order valence-corrected chi connectivity index (χ1v) is 8.51. The van der Waals surface area contributed by atoms with Crippen LogP contribution in [-0.4, -0.2) is 24.9 Å². The Bertz CT molecular complexity index is 563. The smallest absolute Gasteiger partial charge is 0.223 e. The predicted octanol–water partition coefficient (Wildman–Crippen LogP) is 2.59. The highest BCUT2D eigenvalue weighted by atomic mass is 19.1. The molecule has 4 nitrogen and oxygen atoms in total. The molecule has 0 spiro atoms. The maximum absolute atomic E-state index is 12.8. The Morgan fingerprint density at radius 1 is 1.04 bits per heavy atom. The van der Waals surface area contributed by atoms with Crippen LogP contribution in [0, 0.1) is 17.7 Å². The summed E-state index contributed by atoms with van der Waals surface area (Å²) in [4.78, 5) is 24.1. The molecule has 1 aromatic rings. The van der Waals surface area contributed by atoms with Crippen molar-refractivity contribution in [2.45, 2.75) is 32.1 Å². The molecule has 0 radical (unpaired) electrons. The first kappa shape index (κ1) is 18.2. The number of halogens is 1. The summed E-state index contributed by atoms with van der Waals surface area (Å²) >= 11 is 0. The molecule has 0 aromatic heterocycles. The van der Waals surface area contributed by atoms with Gasteiger partial charge in [0, 0.05) is 24.9 Å². The van der Waals surface area contributed by atoms with Gasteiger partial charge < -0.3 is 10.6 Å². The van der Waals surface area contributed by atoms with E-state index in [9.17, 15) is 14.0 Å². The number of rotatable bonds is 7. The van der Waals surface area contributed by atoms with Crippen LogP contribution in [0.4, 0.5) is 4.39 Å². The molecule has 0 saturated heterocycles. The largest absolute Gasteiger partial charge is 0.356 e. The quantitative estimate of drug-likeness (QED) is 0.754. The number of hydrogen-bond donors (Lipinski definition) is 2. The number of benzene rings is 1. The second-order valence-corrected chi connectivity index (χ2v) is 6.25. The normalized spacial score (nSPS) is 20.2. The van der Waals surface area contributed by atoms with Gasteiger partial charge in [-0.1, -0.05) is 18.2 Å². The monoisotopic (exact) mass is 332 g/mol. The van der Waals surface area contributed by atoms with Gasteiger partial charge in [0.05, 0.1) is 0 Å². The molecule has 0 aliphatic heterocycles. The van der Waals surface area contributed by atoms with Crippen molar-refractivity contribution in [1.82, 2.24) is 10.6 Å². The summed E-state index contributed by atoms with van der Waals surface area (Å²) in [6, 6.07) is 6.31. The van der Waals surface area contributed by atoms with E-state index in [1.807, 2.05) is 0 Å². The van der Waals surface area contributed by atoms with Crippen molar-refractivity contribution in [2.24, 2.45) is 11.8 Å². The van der Waals surface area contributed by atoms with Gasteiger partial charge in [-0.05, 0) is 49.8 Å². The summed E-state index contributed by atoms with van der Waals surface area (Å²) < 4.78 is 12.8. The van der Waals surface area contributed by atoms with Crippen LogP contribution < -0.4 is 10.6 Å². The molecule has 1 aliphatic rings. The van der Waals surface area contributed by atoms with Crippen molar-refractivity contribution in [3.63, 3.8) is 0 Å². The zero-order valence-electron chi connectivity index (χ0n) is 13.9. The Hall–Kier alpha value is -2.17. The summed E-state index contributed by atoms with van der Waals surface area (Å²) in [6.07, 6.45) is 5.34. The minimum atomic E-state index is -0.253. The fourth-order valence-electron chi connectivity index (χ4n) is 3.06. The molecular weight excluding hydrogens is 307 g/mol. The van der Waals surface area contributed by atoms with E-state index in [1.165, 1.54) is 12.1 Å². The molecule has 1 saturated carbocycles. The second-order valence-electron chi connectivity index (χ2n) is 6.25. The van der Waals surface area contributed by atoms with E-state index in [0.29, 0.717) is 19.5 Å². The van der Waals surface area contributed by atoms with Gasteiger partial charge in [-0.3, -0.25) is 9.59 Å². The molecule has 0 heterocycles. The lowest BCUT2D eigenvalue weighted by atomic mass is 9.81. The summed E-state index contributed by atoms with van der Waals surface area (Å²) in [5.74, 6) is -0.140. The molecule has 2 N–H and O–H groups in total. The molecule has 5 heteroatoms. The zero-order chi connectivity index (χ0) is 17.4. The molecule has 130 valence electrons. The molecule has 0 atom stereocenters. The van der Waals surface area contributed by atoms with Gasteiger partial charge in [-0.25, -0.2) is 4.39 Å². The SMILES string of the molecule is C=CCNC(=O)C1CCC(C(=O)NCCc2ccc(F)cc2)CC1. The molecule has 1 fully saturated rings. The van der Waals surface area contributed by atoms with Gasteiger partial charge >= 0.3 is 0 Å². The highest BCUT2D eigenvalue weighted by Gasteiger charge is 2.29. The van der Waals surface area contributed by atoms with Crippen LogP contribution in [0.1, 0.15) is 31.2 Å². The van der Waals surface area contributed by atoms with Gasteiger partial charge in [-0.2, -0.15) is 0 Å². The van der Waals surface area contributed by atoms with Gasteiger partial charge in [-0.15, -0.1) is 6.58 Å². The van der Waals surface area contributed by atoms with Crippen molar-refractivity contribution >= 4 is 11.8 Å². The van der Waals surface area contributed by atoms with E-state index in [-0.39, 0.29) is 29.5 Å². The molecule has 0 unspecified atom stereocenters. The van der Waals surface area contributed by atoms with E-state index in [2.05, 4.69) is 17.2 Å². The average molecular weight is 332 g/mol. The minimum absolute atomic E-state index is 0.00761. The fourth-order valence-corrected chi connectivity index (χ4v) is 3.06. The number of nitrogens with one attached hydrogen (secondary N) is 2. The first-order chi connectivity index (χ1) is 11.6. The molecule has 2 amide bonds. The summed E-state index contributed by atoms with van der Waals surface area (Å²) in [5, 5.41) is 5.77. The third kappa shape index (κ3) is 5.48. The molecule has 2 rings (SSSR count). The fraction of sp³-hybridized carbons (Fsp3) is 0.474. The molecular formula is C19H25FN2O2. The number of amides is 2. The predicted molar refractivity (Wildman–Crippen MR) is 91.8 cm³/mol. The van der Waals surface area contributed by atoms with Crippen molar-refractivity contribution in [3.05, 3.63) is 48.3 Å². The highest BCUT2D eigenvalue weighted by molar-refractivity contribution is 5.81. The third-order valence-corrected chi connectivity index (χ3v) is 4.52. The molecule has 1 aromatic carbocycles. The molecule has 1 aliphatic carbocycles. The maximum atomic E-state index is 12.8. The van der Waals surface area contributed by atoms with Crippen LogP contribution >= 0.6 is 0 Å². The standard InChI is InChI=1S/C19H25FN2O2/c1-2-12-21-18(23)15-5-7-16(8-6-15)19(24)22-13-11-14-3-9-17(20)10-4-14/h2-4,9-10,15-16H,1,5-8,11-13H2,(H,21,23)(H,22,24). The Morgan fingerprint density at radius 2 is 1.58 bits per heavy atom. The number of hydrogen-bond acceptors (Lipinski definition) is 2. The van der Waals surface area contributed by atoms with Crippen molar-refractivity contribution < 1.29 is 14.0 Å². The lowest BCUT2D eigenvalue weighted by Gasteiger charge is -2.27. The third-order valence-electron chi connectivity index (χ3n) is 4.52. The van der Waals surface area contributed by atoms with Crippen LogP contribution in [-0.2, 0) is 16.0 Å². The topological polar surface area (TPSA) is 58.2 Å². The first-order valence-electron chi connectivity index (χ1n) is 8.51. The average Bonchev–Trinajstić information content (AvgIpc) is 2.61. The summed E-state index contributed by atoms with van der Waals surface area (Å²) in [6.45, 7) is 4.62. The summed E-state index contributed by atoms with van der Waals surface area (Å²) in [5.41, 5.74) is 0.999. The van der Waals surface area contributed by atoms with Gasteiger partial charge in [0.15, 0.2) is 0 Å². The van der Waals surface area contributed by atoms with E-state index in [4.69, 9.17) is 0 Å². The van der Waals surface area contributed by atoms with Crippen molar-refractivity contribution in [3.8, 4) is 0 Å². The highest BCUT2D eigenvalue weighted by Crippen LogP contribution is 2.29. The van der Waals surface area contributed by atoms with E-state index in [0.717, 1.165) is 31.2 Å². The van der Waals surface area contributed by atoms with Crippen LogP contribution in [0.15, 0.2) is 36.9 Å². The lowest BCUT2D eigenvalue weighted by Crippen LogP contribution is -2.38. The van der Waals surface area contributed by atoms with Gasteiger partial charge in [0.2, 0.25) is 11.8 Å². The number of carbonyl (C=O) groups is 2. The van der Waals surface area contributed by atoms with Gasteiger partial charge in [0.1, 0.15) is 5.82 Å². The molecule has 24 heavy (non-hydrogen) atoms. The Morgan fingerprint density at radius 3 is 2.12 bits per heavy atom. The van der Waals surface area contributed by atoms with E-state index < -0.39 is 0 Å². The van der Waals surface area contributed by atoms with Crippen molar-refractivity contribution in [1.29, 1.82) is 0 Å². The zero-order valence-corrected chi connectivity index (χ0v) is 13.9. The summed E-state index contributed by atoms with van der Waals surface area (Å²) in [7, 11) is 0. The Balaban J connectivity index is 1.68. The second kappa shape index (κ2) is 9.21. The molecule has 0 bridgehead atoms. The minimum Gasteiger partial charge on any atom is -0.356 e. The number of carbonyl (C=O) groups excluding carboxylic acids is 2. The van der Waals surface area contributed by atoms with Crippen LogP contribution in [0.2, 0.25) is 0 Å². The Labute approximate surface area is 142 Å². The van der Waals surface area contributed by atoms with Crippen LogP contribution in [0.3, 0.4) is 0 Å². The maximum Gasteiger partial charge on any atom is 0.223 e. The van der Waals surface area contributed by atoms with Crippen LogP contribution in [0.25, 0.3) is 0 Å². The van der Waals surface area contributed by atoms with Gasteiger partial charge in [0.25, 0.3) is 0 Å². The Kier molecular flexibility index (Phi) is 6.97.